The van der Waals surface area contributed by atoms with Crippen molar-refractivity contribution in [3.63, 3.8) is 0 Å². The number of aryl methyl sites for hydroxylation is 1. The maximum absolute atomic E-state index is 5.80. The van der Waals surface area contributed by atoms with Crippen LogP contribution in [-0.4, -0.2) is 12.6 Å². The Kier molecular flexibility index (Phi) is 6.05. The second-order valence-electron chi connectivity index (χ2n) is 4.41. The summed E-state index contributed by atoms with van der Waals surface area (Å²) in [4.78, 5) is 4.02. The maximum Gasteiger partial charge on any atom is 0.186 e. The molecule has 0 atom stereocenters. The van der Waals surface area contributed by atoms with E-state index in [2.05, 4.69) is 11.9 Å². The molecule has 0 bridgehead atoms. The summed E-state index contributed by atoms with van der Waals surface area (Å²) < 4.78 is 5.80. The van der Waals surface area contributed by atoms with Crippen LogP contribution in [-0.2, 0) is 6.54 Å². The molecule has 0 aliphatic carbocycles. The van der Waals surface area contributed by atoms with Gasteiger partial charge < -0.3 is 16.2 Å². The number of guanidine groups is 1. The minimum Gasteiger partial charge on any atom is -0.493 e. The normalized spacial score (nSPS) is 10.1. The lowest BCUT2D eigenvalue weighted by Crippen LogP contribution is -2.22. The van der Waals surface area contributed by atoms with Crippen molar-refractivity contribution in [2.75, 3.05) is 6.61 Å². The van der Waals surface area contributed by atoms with Crippen LogP contribution in [0, 0.1) is 6.92 Å². The molecule has 0 amide bonds. The van der Waals surface area contributed by atoms with Gasteiger partial charge in [-0.3, -0.25) is 0 Å². The van der Waals surface area contributed by atoms with Crippen molar-refractivity contribution in [2.45, 2.75) is 39.7 Å². The summed E-state index contributed by atoms with van der Waals surface area (Å²) in [5, 5.41) is 0. The molecular formula is C14H23N3O. The van der Waals surface area contributed by atoms with Crippen LogP contribution in [0.25, 0.3) is 0 Å². The van der Waals surface area contributed by atoms with Crippen LogP contribution in [0.5, 0.6) is 5.75 Å². The van der Waals surface area contributed by atoms with Gasteiger partial charge in [-0.2, -0.15) is 0 Å². The fourth-order valence-electron chi connectivity index (χ4n) is 1.64. The van der Waals surface area contributed by atoms with Crippen LogP contribution in [0.1, 0.15) is 37.3 Å². The zero-order valence-corrected chi connectivity index (χ0v) is 11.3. The second-order valence-corrected chi connectivity index (χ2v) is 4.41. The predicted molar refractivity (Wildman–Crippen MR) is 75.7 cm³/mol. The van der Waals surface area contributed by atoms with E-state index in [1.54, 1.807) is 0 Å². The summed E-state index contributed by atoms with van der Waals surface area (Å²) in [6, 6.07) is 6.08. The van der Waals surface area contributed by atoms with E-state index < -0.39 is 0 Å². The number of hydrogen-bond donors (Lipinski definition) is 2. The van der Waals surface area contributed by atoms with E-state index in [1.165, 1.54) is 18.4 Å². The summed E-state index contributed by atoms with van der Waals surface area (Å²) in [6.45, 7) is 5.43. The van der Waals surface area contributed by atoms with Crippen molar-refractivity contribution in [3.05, 3.63) is 29.3 Å². The Labute approximate surface area is 109 Å². The summed E-state index contributed by atoms with van der Waals surface area (Å²) in [5.41, 5.74) is 12.9. The summed E-state index contributed by atoms with van der Waals surface area (Å²) in [5.74, 6) is 0.989. The van der Waals surface area contributed by atoms with Crippen molar-refractivity contribution >= 4 is 5.96 Å². The molecule has 0 saturated heterocycles. The standard InChI is InChI=1S/C14H23N3O/c1-3-4-5-8-18-13-9-11(2)6-7-12(13)10-17-14(15)16/h6-7,9H,3-5,8,10H2,1-2H3,(H4,15,16,17). The van der Waals surface area contributed by atoms with Gasteiger partial charge in [0.25, 0.3) is 0 Å². The highest BCUT2D eigenvalue weighted by Crippen LogP contribution is 2.21. The van der Waals surface area contributed by atoms with Gasteiger partial charge in [0.1, 0.15) is 5.75 Å². The largest absolute Gasteiger partial charge is 0.493 e. The third-order valence-corrected chi connectivity index (χ3v) is 2.66. The van der Waals surface area contributed by atoms with Crippen LogP contribution in [0.3, 0.4) is 0 Å². The average Bonchev–Trinajstić information content (AvgIpc) is 2.33. The van der Waals surface area contributed by atoms with Gasteiger partial charge in [-0.25, -0.2) is 4.99 Å². The van der Waals surface area contributed by atoms with E-state index in [0.717, 1.165) is 24.3 Å². The molecule has 1 aromatic rings. The first-order valence-corrected chi connectivity index (χ1v) is 6.41. The van der Waals surface area contributed by atoms with Gasteiger partial charge in [0.05, 0.1) is 13.2 Å². The SMILES string of the molecule is CCCCCOc1cc(C)ccc1CN=C(N)N. The monoisotopic (exact) mass is 249 g/mol. The minimum atomic E-state index is 0.104. The predicted octanol–water partition coefficient (Wildman–Crippen LogP) is 2.34. The first-order chi connectivity index (χ1) is 8.63. The number of benzene rings is 1. The molecule has 1 rings (SSSR count). The molecular weight excluding hydrogens is 226 g/mol. The highest BCUT2D eigenvalue weighted by molar-refractivity contribution is 5.75. The third kappa shape index (κ3) is 5.08. The van der Waals surface area contributed by atoms with Gasteiger partial charge in [-0.05, 0) is 25.0 Å². The molecule has 0 saturated carbocycles. The van der Waals surface area contributed by atoms with Crippen LogP contribution in [0.15, 0.2) is 23.2 Å². The van der Waals surface area contributed by atoms with E-state index in [1.807, 2.05) is 25.1 Å². The van der Waals surface area contributed by atoms with Crippen molar-refractivity contribution in [1.82, 2.24) is 0 Å². The van der Waals surface area contributed by atoms with E-state index in [-0.39, 0.29) is 5.96 Å². The molecule has 0 radical (unpaired) electrons. The van der Waals surface area contributed by atoms with Crippen molar-refractivity contribution < 1.29 is 4.74 Å². The minimum absolute atomic E-state index is 0.104. The van der Waals surface area contributed by atoms with Gasteiger partial charge in [-0.1, -0.05) is 31.9 Å². The highest BCUT2D eigenvalue weighted by atomic mass is 16.5. The lowest BCUT2D eigenvalue weighted by molar-refractivity contribution is 0.303. The average molecular weight is 249 g/mol. The molecule has 4 N–H and O–H groups in total. The van der Waals surface area contributed by atoms with Crippen LogP contribution in [0.4, 0.5) is 0 Å². The molecule has 4 heteroatoms. The zero-order valence-electron chi connectivity index (χ0n) is 11.3. The number of rotatable bonds is 7. The van der Waals surface area contributed by atoms with E-state index >= 15 is 0 Å². The third-order valence-electron chi connectivity index (χ3n) is 2.66. The lowest BCUT2D eigenvalue weighted by Gasteiger charge is -2.11. The van der Waals surface area contributed by atoms with Gasteiger partial charge in [0.2, 0.25) is 0 Å². The molecule has 1 aromatic carbocycles. The Hall–Kier alpha value is -1.71. The molecule has 4 nitrogen and oxygen atoms in total. The van der Waals surface area contributed by atoms with Crippen molar-refractivity contribution in [1.29, 1.82) is 0 Å². The van der Waals surface area contributed by atoms with E-state index in [4.69, 9.17) is 16.2 Å². The molecule has 0 aliphatic heterocycles. The summed E-state index contributed by atoms with van der Waals surface area (Å²) in [7, 11) is 0. The summed E-state index contributed by atoms with van der Waals surface area (Å²) >= 11 is 0. The number of ether oxygens (including phenoxy) is 1. The van der Waals surface area contributed by atoms with Crippen LogP contribution >= 0.6 is 0 Å². The summed E-state index contributed by atoms with van der Waals surface area (Å²) in [6.07, 6.45) is 3.46. The topological polar surface area (TPSA) is 73.6 Å². The Bertz CT molecular complexity index is 398. The molecule has 0 aromatic heterocycles. The number of unbranched alkanes of at least 4 members (excludes halogenated alkanes) is 2. The van der Waals surface area contributed by atoms with Gasteiger partial charge in [0, 0.05) is 5.56 Å². The smallest absolute Gasteiger partial charge is 0.186 e. The number of hydrogen-bond acceptors (Lipinski definition) is 2. The first kappa shape index (κ1) is 14.4. The second kappa shape index (κ2) is 7.58. The molecule has 0 unspecified atom stereocenters. The lowest BCUT2D eigenvalue weighted by atomic mass is 10.1. The molecule has 18 heavy (non-hydrogen) atoms. The van der Waals surface area contributed by atoms with Crippen molar-refractivity contribution in [3.8, 4) is 5.75 Å². The number of nitrogens with two attached hydrogens (primary N) is 2. The van der Waals surface area contributed by atoms with Crippen LogP contribution < -0.4 is 16.2 Å². The molecule has 0 fully saturated rings. The van der Waals surface area contributed by atoms with E-state index in [0.29, 0.717) is 6.54 Å². The molecule has 100 valence electrons. The molecule has 0 spiro atoms. The van der Waals surface area contributed by atoms with E-state index in [9.17, 15) is 0 Å². The van der Waals surface area contributed by atoms with Gasteiger partial charge in [0.15, 0.2) is 5.96 Å². The number of nitrogens with zero attached hydrogens (tertiary/aromatic N) is 1. The Morgan fingerprint density at radius 3 is 2.72 bits per heavy atom. The Morgan fingerprint density at radius 2 is 2.06 bits per heavy atom. The Balaban J connectivity index is 2.67. The molecule has 0 aliphatic rings. The van der Waals surface area contributed by atoms with Crippen molar-refractivity contribution in [2.24, 2.45) is 16.5 Å². The molecule has 0 heterocycles. The fraction of sp³-hybridized carbons (Fsp3) is 0.500. The van der Waals surface area contributed by atoms with Crippen LogP contribution in [0.2, 0.25) is 0 Å². The van der Waals surface area contributed by atoms with Gasteiger partial charge in [-0.15, -0.1) is 0 Å². The highest BCUT2D eigenvalue weighted by Gasteiger charge is 2.03. The quantitative estimate of drug-likeness (QED) is 0.442. The number of aliphatic imine (C=N–C) groups is 1. The first-order valence-electron chi connectivity index (χ1n) is 6.41. The maximum atomic E-state index is 5.80. The van der Waals surface area contributed by atoms with Gasteiger partial charge >= 0.3 is 0 Å². The Morgan fingerprint density at radius 1 is 1.28 bits per heavy atom. The zero-order chi connectivity index (χ0) is 13.4. The fourth-order valence-corrected chi connectivity index (χ4v) is 1.64.